The standard InChI is InChI=1S/C111H145N7O20/c1-12-18-24-34-56-129-94-66-86(67-95(79-94)130-57-35-25-19-13-2)107(124)114-52-42-50-99-103(135-62-40-32-47-82(8)120)72-89(73-104(99)136-63-41-33-48-83(9)121)110(127)117-92-76-91(116-109(126)88-70-101(133-60-38-28-22-16-5)98(49-31-30-46-81(7)119)102(71-88)134-61-39-29-23-17-6)77-93(78-92)118-111(128)90-74-105(137-64-44-54-112-84(10)122)100(106(75-90)138-65-45-55-113-85(11)123)51-43-53-115-108(125)87-68-96(131-58-36-26-20-14-3)80-97(69-87)132-59-37-27-21-15-4/h1-6,66-75,79-80,91-93H,18-65,76-78H2,7-11H3,(H,112,122)(H,113,123)(H,114,124)(H,115,125)(H,116,126)(H,117,127)(H,118,128)/t91-,92+,93-/m1/s1. The molecule has 5 aromatic carbocycles. The van der Waals surface area contributed by atoms with Crippen LogP contribution in [-0.2, 0) is 43.2 Å². The van der Waals surface area contributed by atoms with Crippen LogP contribution in [-0.4, -0.2) is 169 Å². The van der Waals surface area contributed by atoms with E-state index in [0.717, 1.165) is 31.2 Å². The molecule has 7 N–H and O–H groups in total. The molecule has 744 valence electrons. The first kappa shape index (κ1) is 113. The second-order valence-corrected chi connectivity index (χ2v) is 34.5. The van der Waals surface area contributed by atoms with Gasteiger partial charge in [0.2, 0.25) is 11.8 Å². The first-order valence-electron chi connectivity index (χ1n) is 49.1. The van der Waals surface area contributed by atoms with Crippen LogP contribution in [0, 0.1) is 74.1 Å². The minimum atomic E-state index is -0.773. The highest BCUT2D eigenvalue weighted by atomic mass is 16.5. The maximum Gasteiger partial charge on any atom is 0.251 e. The number of benzene rings is 5. The molecular formula is C111H145N7O20. The zero-order chi connectivity index (χ0) is 99.7. The summed E-state index contributed by atoms with van der Waals surface area (Å²) < 4.78 is 64.0. The van der Waals surface area contributed by atoms with Crippen LogP contribution in [0.2, 0.25) is 0 Å². The average Bonchev–Trinajstić information content (AvgIpc) is 0.826. The molecule has 0 heterocycles. The molecule has 3 atom stereocenters. The Morgan fingerprint density at radius 2 is 0.471 bits per heavy atom. The zero-order valence-electron chi connectivity index (χ0n) is 81.9. The Bertz CT molecular complexity index is 4520. The minimum Gasteiger partial charge on any atom is -0.493 e. The molecule has 1 saturated carbocycles. The second-order valence-electron chi connectivity index (χ2n) is 34.5. The summed E-state index contributed by atoms with van der Waals surface area (Å²) >= 11 is 0. The van der Waals surface area contributed by atoms with Crippen molar-refractivity contribution in [2.24, 2.45) is 0 Å². The Morgan fingerprint density at radius 3 is 0.717 bits per heavy atom. The van der Waals surface area contributed by atoms with Gasteiger partial charge in [0.1, 0.15) is 74.8 Å². The summed E-state index contributed by atoms with van der Waals surface area (Å²) in [4.78, 5) is 136. The molecule has 0 aromatic heterocycles. The van der Waals surface area contributed by atoms with Crippen molar-refractivity contribution in [2.75, 3.05) is 92.2 Å². The molecular weight excluding hydrogens is 1750 g/mol. The van der Waals surface area contributed by atoms with E-state index in [1.807, 2.05) is 0 Å². The number of nitrogens with one attached hydrogen (secondary N) is 7. The topological polar surface area (TPSA) is 347 Å². The molecule has 0 unspecified atom stereocenters. The number of ether oxygens (including phenoxy) is 10. The SMILES string of the molecule is C#CCCCCOc1cc(OCCCCC#C)cc(C(=O)NCCCc2c(OCCCCC(C)=O)cc(C(=O)N[C@H]3C[C@@H](NC(=O)c4cc(OCCCCC#C)c(CCCCC(C)=O)c(OCCCCC#C)c4)C[C@@H](NC(=O)c4cc(OCCCNC(C)=O)c(CCCNC(=O)c5cc(OCCCCC#C)cc(OCCCCC#C)c5)c(OCCCNC(C)=O)c4)C3)cc2OCCCCC(C)=O)c1. The van der Waals surface area contributed by atoms with Gasteiger partial charge in [-0.05, 0) is 261 Å². The van der Waals surface area contributed by atoms with Crippen molar-refractivity contribution < 1.29 is 95.3 Å². The van der Waals surface area contributed by atoms with Gasteiger partial charge in [-0.3, -0.25) is 33.6 Å². The molecule has 5 aromatic rings. The molecule has 1 aliphatic rings. The van der Waals surface area contributed by atoms with Crippen LogP contribution in [0.25, 0.3) is 0 Å². The first-order valence-corrected chi connectivity index (χ1v) is 49.1. The molecule has 0 bridgehead atoms. The van der Waals surface area contributed by atoms with Gasteiger partial charge >= 0.3 is 0 Å². The van der Waals surface area contributed by atoms with Crippen LogP contribution in [0.1, 0.15) is 321 Å². The van der Waals surface area contributed by atoms with Crippen molar-refractivity contribution in [3.8, 4) is 132 Å². The summed E-state index contributed by atoms with van der Waals surface area (Å²) in [5, 5.41) is 21.6. The molecule has 27 nitrogen and oxygen atoms in total. The summed E-state index contributed by atoms with van der Waals surface area (Å²) in [6.45, 7) is 10.9. The first-order chi connectivity index (χ1) is 66.9. The van der Waals surface area contributed by atoms with E-state index >= 15 is 14.4 Å². The second kappa shape index (κ2) is 67.9. The predicted octanol–water partition coefficient (Wildman–Crippen LogP) is 16.8. The van der Waals surface area contributed by atoms with Crippen molar-refractivity contribution in [2.45, 2.75) is 290 Å². The summed E-state index contributed by atoms with van der Waals surface area (Å²) in [6, 6.07) is 17.7. The van der Waals surface area contributed by atoms with E-state index in [-0.39, 0.29) is 167 Å². The van der Waals surface area contributed by atoms with Gasteiger partial charge in [-0.25, -0.2) is 0 Å². The lowest BCUT2D eigenvalue weighted by molar-refractivity contribution is -0.119. The minimum absolute atomic E-state index is 0.0196. The lowest BCUT2D eigenvalue weighted by atomic mass is 9.86. The van der Waals surface area contributed by atoms with Crippen molar-refractivity contribution in [3.05, 3.63) is 117 Å². The van der Waals surface area contributed by atoms with E-state index in [2.05, 4.69) is 72.7 Å². The third-order valence-corrected chi connectivity index (χ3v) is 22.4. The normalized spacial score (nSPS) is 12.8. The third-order valence-electron chi connectivity index (χ3n) is 22.4. The number of amides is 7. The van der Waals surface area contributed by atoms with Gasteiger partial charge in [0.15, 0.2) is 0 Å². The molecule has 7 amide bonds. The lowest BCUT2D eigenvalue weighted by Crippen LogP contribution is -2.53. The van der Waals surface area contributed by atoms with Gasteiger partial charge in [0, 0.05) is 173 Å². The quantitative estimate of drug-likeness (QED) is 0.0140. The predicted molar refractivity (Wildman–Crippen MR) is 536 cm³/mol. The largest absolute Gasteiger partial charge is 0.493 e. The highest BCUT2D eigenvalue weighted by Crippen LogP contribution is 2.38. The highest BCUT2D eigenvalue weighted by molar-refractivity contribution is 5.98. The van der Waals surface area contributed by atoms with Gasteiger partial charge in [0.05, 0.1) is 66.1 Å². The monoisotopic (exact) mass is 1900 g/mol. The van der Waals surface area contributed by atoms with Crippen molar-refractivity contribution in [3.63, 3.8) is 0 Å². The van der Waals surface area contributed by atoms with E-state index < -0.39 is 35.8 Å². The summed E-state index contributed by atoms with van der Waals surface area (Å²) in [6.07, 6.45) is 52.6. The van der Waals surface area contributed by atoms with Gasteiger partial charge in [-0.2, -0.15) is 0 Å². The zero-order valence-corrected chi connectivity index (χ0v) is 81.9. The van der Waals surface area contributed by atoms with Crippen molar-refractivity contribution in [1.29, 1.82) is 0 Å². The van der Waals surface area contributed by atoms with E-state index in [1.165, 1.54) is 27.7 Å². The van der Waals surface area contributed by atoms with Crippen LogP contribution in [0.3, 0.4) is 0 Å². The fourth-order valence-corrected chi connectivity index (χ4v) is 15.2. The molecule has 1 fully saturated rings. The van der Waals surface area contributed by atoms with Crippen LogP contribution in [0.15, 0.2) is 72.8 Å². The number of rotatable bonds is 73. The van der Waals surface area contributed by atoms with Crippen LogP contribution < -0.4 is 84.6 Å². The molecule has 27 heteroatoms. The Morgan fingerprint density at radius 1 is 0.254 bits per heavy atom. The van der Waals surface area contributed by atoms with Gasteiger partial charge in [-0.15, -0.1) is 74.1 Å². The Kier molecular flexibility index (Phi) is 55.8. The number of carbonyl (C=O) groups excluding carboxylic acids is 10. The van der Waals surface area contributed by atoms with Gasteiger partial charge in [-0.1, -0.05) is 0 Å². The Labute approximate surface area is 818 Å². The maximum absolute atomic E-state index is 15.6. The number of hydrogen-bond donors (Lipinski definition) is 7. The van der Waals surface area contributed by atoms with Crippen LogP contribution >= 0.6 is 0 Å². The number of carbonyl (C=O) groups is 10. The molecule has 1 aliphatic carbocycles. The molecule has 0 aliphatic heterocycles. The van der Waals surface area contributed by atoms with Gasteiger partial charge < -0.3 is 99.0 Å². The third kappa shape index (κ3) is 46.5. The number of hydrogen-bond acceptors (Lipinski definition) is 20. The van der Waals surface area contributed by atoms with Crippen molar-refractivity contribution in [1.82, 2.24) is 37.2 Å². The number of Topliss-reactive ketones (excluding diaryl/α,β-unsaturated/α-hetero) is 3. The Hall–Kier alpha value is -13.2. The van der Waals surface area contributed by atoms with Gasteiger partial charge in [0.25, 0.3) is 29.5 Å². The Balaban J connectivity index is 1.44. The summed E-state index contributed by atoms with van der Waals surface area (Å²) in [7, 11) is 0. The molecule has 0 radical (unpaired) electrons. The maximum atomic E-state index is 15.6. The lowest BCUT2D eigenvalue weighted by Gasteiger charge is -2.36. The van der Waals surface area contributed by atoms with Crippen LogP contribution in [0.5, 0.6) is 57.5 Å². The summed E-state index contributed by atoms with van der Waals surface area (Å²) in [5.41, 5.74) is 2.99. The number of ketones is 3. The smallest absolute Gasteiger partial charge is 0.251 e. The van der Waals surface area contributed by atoms with Crippen molar-refractivity contribution >= 4 is 58.7 Å². The summed E-state index contributed by atoms with van der Waals surface area (Å²) in [5.74, 6) is 17.1. The molecule has 6 rings (SSSR count). The fourth-order valence-electron chi connectivity index (χ4n) is 15.2. The van der Waals surface area contributed by atoms with Crippen LogP contribution in [0.4, 0.5) is 0 Å². The number of unbranched alkanes of at least 4 members (excludes halogenated alkanes) is 15. The van der Waals surface area contributed by atoms with E-state index in [4.69, 9.17) is 85.9 Å². The van der Waals surface area contributed by atoms with E-state index in [9.17, 15) is 33.6 Å². The molecule has 0 saturated heterocycles. The van der Waals surface area contributed by atoms with E-state index in [1.54, 1.807) is 79.7 Å². The number of terminal acetylenes is 6. The van der Waals surface area contributed by atoms with E-state index in [0.29, 0.717) is 274 Å². The average molecular weight is 1900 g/mol. The molecule has 138 heavy (non-hydrogen) atoms. The fraction of sp³-hybridized carbons (Fsp3) is 0.532. The highest BCUT2D eigenvalue weighted by Gasteiger charge is 2.35. The molecule has 0 spiro atoms.